The van der Waals surface area contributed by atoms with Gasteiger partial charge < -0.3 is 28.8 Å². The standard InChI is InChI=1S/C27H37F3N4O8/c1-15-13-17(34(22(36)41-24(2,3)4)23(37)42-25(5,6)7)18-20-32-33-21(40-20)26(38,27(28,29)30)12-10-8-9-11-16(14-35)39-19(15)31-18/h13,16,35,38H,8-12,14H2,1-7H3/t16-,26+/m0/s1. The number of carbonyl (C=O) groups excluding carboxylic acids is 2. The fourth-order valence-electron chi connectivity index (χ4n) is 4.05. The van der Waals surface area contributed by atoms with Gasteiger partial charge in [0.25, 0.3) is 11.8 Å². The van der Waals surface area contributed by atoms with Gasteiger partial charge in [0, 0.05) is 5.56 Å². The average molecular weight is 603 g/mol. The third-order valence-electron chi connectivity index (χ3n) is 6.04. The number of hydrogen-bond acceptors (Lipinski definition) is 11. The Bertz CT molecular complexity index is 1260. The molecule has 0 saturated carbocycles. The fourth-order valence-corrected chi connectivity index (χ4v) is 4.05. The van der Waals surface area contributed by atoms with Gasteiger partial charge in [0.2, 0.25) is 11.5 Å². The number of fused-ring (bicyclic) bond motifs is 5. The number of carbonyl (C=O) groups is 2. The largest absolute Gasteiger partial charge is 0.472 e. The second-order valence-corrected chi connectivity index (χ2v) is 12.1. The Labute approximate surface area is 241 Å². The van der Waals surface area contributed by atoms with Crippen molar-refractivity contribution in [2.24, 2.45) is 0 Å². The van der Waals surface area contributed by atoms with E-state index in [9.17, 15) is 33.0 Å². The van der Waals surface area contributed by atoms with Crippen LogP contribution in [-0.4, -0.2) is 67.7 Å². The van der Waals surface area contributed by atoms with Crippen LogP contribution in [-0.2, 0) is 15.1 Å². The van der Waals surface area contributed by atoms with Crippen molar-refractivity contribution < 1.29 is 51.6 Å². The summed E-state index contributed by atoms with van der Waals surface area (Å²) in [5, 5.41) is 27.8. The zero-order valence-corrected chi connectivity index (χ0v) is 24.7. The topological polar surface area (TPSA) is 157 Å². The van der Waals surface area contributed by atoms with Crippen molar-refractivity contribution in [2.75, 3.05) is 11.5 Å². The molecule has 2 amide bonds. The van der Waals surface area contributed by atoms with Crippen LogP contribution in [0.4, 0.5) is 28.4 Å². The lowest BCUT2D eigenvalue weighted by Crippen LogP contribution is -2.44. The average Bonchev–Trinajstić information content (AvgIpc) is 3.31. The molecule has 1 aliphatic rings. The van der Waals surface area contributed by atoms with Crippen molar-refractivity contribution in [1.82, 2.24) is 15.2 Å². The van der Waals surface area contributed by atoms with Gasteiger partial charge in [0.05, 0.1) is 12.3 Å². The maximum absolute atomic E-state index is 14.1. The summed E-state index contributed by atoms with van der Waals surface area (Å²) in [5.41, 5.74) is -6.05. The molecule has 0 unspecified atom stereocenters. The Morgan fingerprint density at radius 2 is 1.64 bits per heavy atom. The van der Waals surface area contributed by atoms with Gasteiger partial charge in [-0.3, -0.25) is 0 Å². The van der Waals surface area contributed by atoms with Gasteiger partial charge >= 0.3 is 18.4 Å². The number of aryl methyl sites for hydroxylation is 1. The maximum Gasteiger partial charge on any atom is 0.426 e. The van der Waals surface area contributed by atoms with E-state index in [1.54, 1.807) is 48.5 Å². The van der Waals surface area contributed by atoms with Gasteiger partial charge in [-0.15, -0.1) is 10.2 Å². The summed E-state index contributed by atoms with van der Waals surface area (Å²) in [6.07, 6.45) is -8.18. The first-order valence-electron chi connectivity index (χ1n) is 13.4. The smallest absolute Gasteiger partial charge is 0.426 e. The molecule has 0 saturated heterocycles. The molecule has 0 aromatic carbocycles. The van der Waals surface area contributed by atoms with Gasteiger partial charge in [-0.25, -0.2) is 14.6 Å². The molecule has 15 heteroatoms. The van der Waals surface area contributed by atoms with Gasteiger partial charge in [-0.2, -0.15) is 18.1 Å². The third-order valence-corrected chi connectivity index (χ3v) is 6.04. The second-order valence-electron chi connectivity index (χ2n) is 12.1. The predicted octanol–water partition coefficient (Wildman–Crippen LogP) is 5.57. The molecule has 2 N–H and O–H groups in total. The Morgan fingerprint density at radius 1 is 1.05 bits per heavy atom. The quantitative estimate of drug-likeness (QED) is 0.443. The van der Waals surface area contributed by atoms with E-state index in [0.717, 1.165) is 0 Å². The minimum Gasteiger partial charge on any atom is -0.472 e. The van der Waals surface area contributed by atoms with Gasteiger partial charge in [-0.1, -0.05) is 6.42 Å². The maximum atomic E-state index is 14.1. The van der Waals surface area contributed by atoms with E-state index in [1.807, 2.05) is 0 Å². The summed E-state index contributed by atoms with van der Waals surface area (Å²) in [5.74, 6) is -1.85. The summed E-state index contributed by atoms with van der Waals surface area (Å²) in [6.45, 7) is 10.6. The summed E-state index contributed by atoms with van der Waals surface area (Å²) in [7, 11) is 0. The second kappa shape index (κ2) is 12.0. The van der Waals surface area contributed by atoms with Crippen LogP contribution in [0.25, 0.3) is 11.6 Å². The Hall–Kier alpha value is -3.46. The molecular formula is C27H37F3N4O8. The summed E-state index contributed by atoms with van der Waals surface area (Å²) in [4.78, 5) is 31.6. The molecule has 0 spiro atoms. The molecule has 4 bridgehead atoms. The van der Waals surface area contributed by atoms with Crippen LogP contribution < -0.4 is 9.64 Å². The number of ether oxygens (including phenoxy) is 3. The highest BCUT2D eigenvalue weighted by Gasteiger charge is 2.58. The van der Waals surface area contributed by atoms with E-state index in [1.165, 1.54) is 6.07 Å². The van der Waals surface area contributed by atoms with Gasteiger partial charge in [0.1, 0.15) is 17.3 Å². The zero-order valence-electron chi connectivity index (χ0n) is 24.7. The Morgan fingerprint density at radius 3 is 2.17 bits per heavy atom. The van der Waals surface area contributed by atoms with E-state index < -0.39 is 71.8 Å². The number of aliphatic hydroxyl groups excluding tert-OH is 1. The molecule has 3 rings (SSSR count). The molecule has 0 aliphatic carbocycles. The van der Waals surface area contributed by atoms with E-state index in [0.29, 0.717) is 16.9 Å². The minimum atomic E-state index is -5.17. The highest BCUT2D eigenvalue weighted by molar-refractivity contribution is 6.11. The van der Waals surface area contributed by atoms with Crippen molar-refractivity contribution >= 4 is 17.9 Å². The third kappa shape index (κ3) is 7.68. The van der Waals surface area contributed by atoms with E-state index in [4.69, 9.17) is 18.6 Å². The number of rotatable bonds is 2. The molecule has 234 valence electrons. The monoisotopic (exact) mass is 602 g/mol. The lowest BCUT2D eigenvalue weighted by molar-refractivity contribution is -0.277. The van der Waals surface area contributed by atoms with Crippen molar-refractivity contribution in [2.45, 2.75) is 110 Å². The molecule has 0 radical (unpaired) electrons. The number of alkyl halides is 3. The molecule has 1 aliphatic heterocycles. The normalized spacial score (nSPS) is 20.2. The first kappa shape index (κ1) is 33.0. The molecular weight excluding hydrogens is 565 g/mol. The molecule has 2 aromatic rings. The fraction of sp³-hybridized carbons (Fsp3) is 0.667. The Balaban J connectivity index is 2.31. The predicted molar refractivity (Wildman–Crippen MR) is 142 cm³/mol. The van der Waals surface area contributed by atoms with Crippen LogP contribution in [0.5, 0.6) is 5.88 Å². The van der Waals surface area contributed by atoms with E-state index in [-0.39, 0.29) is 30.8 Å². The molecule has 42 heavy (non-hydrogen) atoms. The minimum absolute atomic E-state index is 0.0508. The number of anilines is 1. The molecule has 2 aromatic heterocycles. The number of hydrogen-bond donors (Lipinski definition) is 2. The molecule has 2 atom stereocenters. The SMILES string of the molecule is Cc1cc(N(C(=O)OC(C)(C)C)C(=O)OC(C)(C)C)c2nc1O[C@H](CO)CCCCC[C@](O)(C(F)(F)F)c1nnc-2o1. The Kier molecular flexibility index (Phi) is 9.47. The number of aliphatic hydroxyl groups is 2. The molecule has 0 fully saturated rings. The number of amides is 2. The molecule has 12 nitrogen and oxygen atoms in total. The van der Waals surface area contributed by atoms with Crippen molar-refractivity contribution in [1.29, 1.82) is 0 Å². The first-order chi connectivity index (χ1) is 19.3. The number of imide groups is 1. The number of pyridine rings is 1. The van der Waals surface area contributed by atoms with Gasteiger partial charge in [0.15, 0.2) is 5.69 Å². The summed E-state index contributed by atoms with van der Waals surface area (Å²) < 4.78 is 64.5. The van der Waals surface area contributed by atoms with Crippen LogP contribution in [0, 0.1) is 6.92 Å². The first-order valence-corrected chi connectivity index (χ1v) is 13.4. The lowest BCUT2D eigenvalue weighted by atomic mass is 9.94. The van der Waals surface area contributed by atoms with Crippen LogP contribution in [0.2, 0.25) is 0 Å². The number of aromatic nitrogens is 3. The van der Waals surface area contributed by atoms with Crippen LogP contribution in [0.3, 0.4) is 0 Å². The highest BCUT2D eigenvalue weighted by atomic mass is 19.4. The van der Waals surface area contributed by atoms with Crippen molar-refractivity contribution in [3.8, 4) is 17.5 Å². The van der Waals surface area contributed by atoms with Crippen LogP contribution in [0.15, 0.2) is 10.5 Å². The van der Waals surface area contributed by atoms with Crippen LogP contribution in [0.1, 0.15) is 85.1 Å². The summed E-state index contributed by atoms with van der Waals surface area (Å²) >= 11 is 0. The number of halogens is 3. The van der Waals surface area contributed by atoms with E-state index >= 15 is 0 Å². The van der Waals surface area contributed by atoms with Gasteiger partial charge in [-0.05, 0) is 80.2 Å². The number of nitrogens with zero attached hydrogens (tertiary/aromatic N) is 4. The molecule has 3 heterocycles. The van der Waals surface area contributed by atoms with E-state index in [2.05, 4.69) is 15.2 Å². The highest BCUT2D eigenvalue weighted by Crippen LogP contribution is 2.44. The van der Waals surface area contributed by atoms with Crippen LogP contribution >= 0.6 is 0 Å². The zero-order chi connectivity index (χ0) is 31.7. The van der Waals surface area contributed by atoms with Crippen molar-refractivity contribution in [3.05, 3.63) is 17.5 Å². The lowest BCUT2D eigenvalue weighted by Gasteiger charge is -2.29. The van der Waals surface area contributed by atoms with Crippen molar-refractivity contribution in [3.63, 3.8) is 0 Å². The summed E-state index contributed by atoms with van der Waals surface area (Å²) in [6, 6.07) is 1.30.